The standard InChI is InChI=1S/C19H30N2/c1-4-19(20-2)15-7-9-18(10-8-15)21(3)13-17-12-14-5-6-16(17)11-14/h7-10,14,16-17,19-20H,4-6,11-13H2,1-3H3. The minimum Gasteiger partial charge on any atom is -0.374 e. The normalized spacial score (nSPS) is 28.8. The number of rotatable bonds is 6. The summed E-state index contributed by atoms with van der Waals surface area (Å²) in [5.74, 6) is 3.01. The van der Waals surface area contributed by atoms with Gasteiger partial charge in [-0.3, -0.25) is 0 Å². The molecule has 4 unspecified atom stereocenters. The summed E-state index contributed by atoms with van der Waals surface area (Å²) in [6.45, 7) is 3.47. The molecule has 2 aliphatic rings. The van der Waals surface area contributed by atoms with Crippen LogP contribution in [0.2, 0.25) is 0 Å². The molecule has 4 atom stereocenters. The van der Waals surface area contributed by atoms with Crippen LogP contribution < -0.4 is 10.2 Å². The van der Waals surface area contributed by atoms with E-state index in [0.29, 0.717) is 6.04 Å². The van der Waals surface area contributed by atoms with Gasteiger partial charge in [0.05, 0.1) is 0 Å². The summed E-state index contributed by atoms with van der Waals surface area (Å²) in [6.07, 6.45) is 7.11. The molecule has 0 amide bonds. The zero-order chi connectivity index (χ0) is 14.8. The molecule has 21 heavy (non-hydrogen) atoms. The van der Waals surface area contributed by atoms with Crippen molar-refractivity contribution in [2.75, 3.05) is 25.5 Å². The molecule has 2 nitrogen and oxygen atoms in total. The van der Waals surface area contributed by atoms with Crippen molar-refractivity contribution in [3.8, 4) is 0 Å². The molecule has 1 aromatic carbocycles. The Bertz CT molecular complexity index is 449. The average molecular weight is 286 g/mol. The molecule has 0 spiro atoms. The average Bonchev–Trinajstić information content (AvgIpc) is 3.12. The Morgan fingerprint density at radius 2 is 1.95 bits per heavy atom. The minimum absolute atomic E-state index is 0.481. The molecule has 0 saturated heterocycles. The van der Waals surface area contributed by atoms with E-state index in [4.69, 9.17) is 0 Å². The highest BCUT2D eigenvalue weighted by molar-refractivity contribution is 5.47. The number of fused-ring (bicyclic) bond motifs is 2. The van der Waals surface area contributed by atoms with E-state index in [2.05, 4.69) is 48.5 Å². The lowest BCUT2D eigenvalue weighted by Crippen LogP contribution is -2.28. The Hall–Kier alpha value is -1.02. The molecule has 3 rings (SSSR count). The first-order valence-electron chi connectivity index (χ1n) is 8.69. The molecule has 0 radical (unpaired) electrons. The molecule has 2 fully saturated rings. The van der Waals surface area contributed by atoms with Crippen LogP contribution in [0.25, 0.3) is 0 Å². The quantitative estimate of drug-likeness (QED) is 0.842. The third-order valence-corrected chi connectivity index (χ3v) is 5.89. The Kier molecular flexibility index (Phi) is 4.54. The summed E-state index contributed by atoms with van der Waals surface area (Å²) in [6, 6.07) is 9.65. The topological polar surface area (TPSA) is 15.3 Å². The van der Waals surface area contributed by atoms with Crippen LogP contribution in [0.1, 0.15) is 50.6 Å². The monoisotopic (exact) mass is 286 g/mol. The lowest BCUT2D eigenvalue weighted by atomic mass is 9.88. The van der Waals surface area contributed by atoms with Gasteiger partial charge in [0.1, 0.15) is 0 Å². The van der Waals surface area contributed by atoms with Crippen LogP contribution in [-0.4, -0.2) is 20.6 Å². The second-order valence-electron chi connectivity index (χ2n) is 7.16. The molecular weight excluding hydrogens is 256 g/mol. The second-order valence-corrected chi connectivity index (χ2v) is 7.16. The molecule has 1 aromatic rings. The second kappa shape index (κ2) is 6.39. The Labute approximate surface area is 129 Å². The maximum absolute atomic E-state index is 3.38. The maximum atomic E-state index is 3.38. The van der Waals surface area contributed by atoms with E-state index in [1.807, 2.05) is 7.05 Å². The fourth-order valence-electron chi connectivity index (χ4n) is 4.62. The summed E-state index contributed by atoms with van der Waals surface area (Å²) in [4.78, 5) is 2.47. The fourth-order valence-corrected chi connectivity index (χ4v) is 4.62. The van der Waals surface area contributed by atoms with E-state index in [-0.39, 0.29) is 0 Å². The van der Waals surface area contributed by atoms with E-state index < -0.39 is 0 Å². The summed E-state index contributed by atoms with van der Waals surface area (Å²) in [5, 5.41) is 3.38. The van der Waals surface area contributed by atoms with Gasteiger partial charge in [0.25, 0.3) is 0 Å². The van der Waals surface area contributed by atoms with Crippen LogP contribution in [0.3, 0.4) is 0 Å². The van der Waals surface area contributed by atoms with E-state index in [0.717, 1.165) is 24.2 Å². The molecule has 2 heteroatoms. The summed E-state index contributed by atoms with van der Waals surface area (Å²) >= 11 is 0. The SMILES string of the molecule is CCC(NC)c1ccc(N(C)CC2CC3CCC2C3)cc1. The largest absolute Gasteiger partial charge is 0.374 e. The van der Waals surface area contributed by atoms with E-state index in [1.54, 1.807) is 0 Å². The number of hydrogen-bond acceptors (Lipinski definition) is 2. The molecular formula is C19H30N2. The smallest absolute Gasteiger partial charge is 0.0363 e. The van der Waals surface area contributed by atoms with Gasteiger partial charge in [0, 0.05) is 25.3 Å². The van der Waals surface area contributed by atoms with Gasteiger partial charge in [0.2, 0.25) is 0 Å². The van der Waals surface area contributed by atoms with Crippen molar-refractivity contribution < 1.29 is 0 Å². The van der Waals surface area contributed by atoms with Gasteiger partial charge in [0.15, 0.2) is 0 Å². The van der Waals surface area contributed by atoms with Gasteiger partial charge >= 0.3 is 0 Å². The van der Waals surface area contributed by atoms with Gasteiger partial charge < -0.3 is 10.2 Å². The zero-order valence-electron chi connectivity index (χ0n) is 13.8. The van der Waals surface area contributed by atoms with Crippen molar-refractivity contribution in [1.29, 1.82) is 0 Å². The molecule has 2 saturated carbocycles. The molecule has 0 aromatic heterocycles. The third-order valence-electron chi connectivity index (χ3n) is 5.89. The Morgan fingerprint density at radius 1 is 1.19 bits per heavy atom. The third kappa shape index (κ3) is 3.11. The summed E-state index contributed by atoms with van der Waals surface area (Å²) in [7, 11) is 4.31. The maximum Gasteiger partial charge on any atom is 0.0363 e. The Balaban J connectivity index is 1.61. The van der Waals surface area contributed by atoms with Crippen LogP contribution in [0.4, 0.5) is 5.69 Å². The van der Waals surface area contributed by atoms with Crippen LogP contribution in [0.15, 0.2) is 24.3 Å². The van der Waals surface area contributed by atoms with Crippen molar-refractivity contribution in [3.05, 3.63) is 29.8 Å². The molecule has 116 valence electrons. The number of anilines is 1. The van der Waals surface area contributed by atoms with Gasteiger partial charge in [-0.05, 0) is 68.2 Å². The highest BCUT2D eigenvalue weighted by Crippen LogP contribution is 2.48. The molecule has 0 heterocycles. The van der Waals surface area contributed by atoms with Crippen molar-refractivity contribution in [2.45, 2.75) is 45.1 Å². The highest BCUT2D eigenvalue weighted by Gasteiger charge is 2.39. The van der Waals surface area contributed by atoms with Crippen molar-refractivity contribution >= 4 is 5.69 Å². The first kappa shape index (κ1) is 14.9. The molecule has 2 bridgehead atoms. The van der Waals surface area contributed by atoms with E-state index in [9.17, 15) is 0 Å². The summed E-state index contributed by atoms with van der Waals surface area (Å²) < 4.78 is 0. The predicted octanol–water partition coefficient (Wildman–Crippen LogP) is 4.23. The van der Waals surface area contributed by atoms with Crippen LogP contribution >= 0.6 is 0 Å². The van der Waals surface area contributed by atoms with Crippen molar-refractivity contribution in [3.63, 3.8) is 0 Å². The van der Waals surface area contributed by atoms with E-state index >= 15 is 0 Å². The fraction of sp³-hybridized carbons (Fsp3) is 0.684. The van der Waals surface area contributed by atoms with Crippen LogP contribution in [0.5, 0.6) is 0 Å². The lowest BCUT2D eigenvalue weighted by Gasteiger charge is -2.29. The number of nitrogens with one attached hydrogen (secondary N) is 1. The van der Waals surface area contributed by atoms with Gasteiger partial charge in [-0.2, -0.15) is 0 Å². The predicted molar refractivity (Wildman–Crippen MR) is 90.7 cm³/mol. The van der Waals surface area contributed by atoms with Crippen LogP contribution in [-0.2, 0) is 0 Å². The van der Waals surface area contributed by atoms with Crippen LogP contribution in [0, 0.1) is 17.8 Å². The molecule has 2 aliphatic carbocycles. The summed E-state index contributed by atoms with van der Waals surface area (Å²) in [5.41, 5.74) is 2.77. The zero-order valence-corrected chi connectivity index (χ0v) is 13.8. The van der Waals surface area contributed by atoms with Gasteiger partial charge in [-0.25, -0.2) is 0 Å². The number of hydrogen-bond donors (Lipinski definition) is 1. The lowest BCUT2D eigenvalue weighted by molar-refractivity contribution is 0.337. The number of nitrogens with zero attached hydrogens (tertiary/aromatic N) is 1. The first-order chi connectivity index (χ1) is 10.2. The minimum atomic E-state index is 0.481. The van der Waals surface area contributed by atoms with Gasteiger partial charge in [-0.1, -0.05) is 25.5 Å². The molecule has 1 N–H and O–H groups in total. The first-order valence-corrected chi connectivity index (χ1v) is 8.69. The van der Waals surface area contributed by atoms with E-state index in [1.165, 1.54) is 43.5 Å². The highest BCUT2D eigenvalue weighted by atomic mass is 15.1. The van der Waals surface area contributed by atoms with Crippen molar-refractivity contribution in [1.82, 2.24) is 5.32 Å². The Morgan fingerprint density at radius 3 is 2.48 bits per heavy atom. The molecule has 0 aliphatic heterocycles. The van der Waals surface area contributed by atoms with Gasteiger partial charge in [-0.15, -0.1) is 0 Å². The number of benzene rings is 1. The van der Waals surface area contributed by atoms with Crippen molar-refractivity contribution in [2.24, 2.45) is 17.8 Å².